The number of aliphatic hydroxyl groups excluding tert-OH is 4. The van der Waals surface area contributed by atoms with Crippen molar-refractivity contribution < 1.29 is 49.2 Å². The normalized spacial score (nSPS) is 11.9. The molecule has 0 aromatic carbocycles. The number of hydrogen-bond acceptors (Lipinski definition) is 16. The summed E-state index contributed by atoms with van der Waals surface area (Å²) in [4.78, 5) is 98.7. The minimum absolute atomic E-state index is 0.107. The maximum atomic E-state index is 13.6. The zero-order valence-corrected chi connectivity index (χ0v) is 38.9. The van der Waals surface area contributed by atoms with Crippen molar-refractivity contribution in [1.82, 2.24) is 36.2 Å². The molecule has 372 valence electrons. The molecule has 1 heterocycles. The Morgan fingerprint density at radius 2 is 0.723 bits per heavy atom. The maximum absolute atomic E-state index is 13.6. The summed E-state index contributed by atoms with van der Waals surface area (Å²) in [7, 11) is 0. The summed E-state index contributed by atoms with van der Waals surface area (Å²) < 4.78 is 0. The quantitative estimate of drug-likeness (QED) is 0.0370. The van der Waals surface area contributed by atoms with Crippen LogP contribution in [-0.4, -0.2) is 162 Å². The molecular weight excluding hydrogens is 845 g/mol. The van der Waals surface area contributed by atoms with E-state index in [-0.39, 0.29) is 109 Å². The number of unbranched alkanes of at least 4 members (excludes halogenated alkanes) is 10. The molecule has 22 heteroatoms. The second-order valence-electron chi connectivity index (χ2n) is 16.0. The minimum atomic E-state index is -1.18. The zero-order valence-electron chi connectivity index (χ0n) is 38.9. The van der Waals surface area contributed by atoms with Gasteiger partial charge in [0.15, 0.2) is 0 Å². The van der Waals surface area contributed by atoms with E-state index in [4.69, 9.17) is 21.4 Å². The van der Waals surface area contributed by atoms with E-state index in [9.17, 15) is 49.2 Å². The molecule has 1 aromatic rings. The van der Waals surface area contributed by atoms with Gasteiger partial charge in [-0.2, -0.15) is 15.0 Å². The average molecular weight is 925 g/mol. The highest BCUT2D eigenvalue weighted by molar-refractivity contribution is 5.90. The van der Waals surface area contributed by atoms with Gasteiger partial charge in [-0.1, -0.05) is 90.9 Å². The number of nitrogens with zero attached hydrogens (tertiary/aromatic N) is 6. The van der Waals surface area contributed by atoms with Gasteiger partial charge in [0.1, 0.15) is 38.3 Å². The van der Waals surface area contributed by atoms with Gasteiger partial charge in [-0.25, -0.2) is 0 Å². The van der Waals surface area contributed by atoms with Crippen LogP contribution in [0.25, 0.3) is 0 Å². The summed E-state index contributed by atoms with van der Waals surface area (Å²) in [6.45, 7) is 1.82. The number of nitrogens with two attached hydrogens (primary N) is 2. The Morgan fingerprint density at radius 1 is 0.446 bits per heavy atom. The number of rotatable bonds is 41. The molecule has 0 saturated heterocycles. The number of aromatic nitrogens is 3. The Hall–Kier alpha value is -4.93. The average Bonchev–Trinajstić information content (AvgIpc) is 3.27. The Balaban J connectivity index is 4.27. The molecule has 1 rings (SSSR count). The first-order chi connectivity index (χ1) is 31.4. The van der Waals surface area contributed by atoms with Gasteiger partial charge in [0.2, 0.25) is 53.3 Å². The first kappa shape index (κ1) is 58.1. The molecule has 65 heavy (non-hydrogen) atoms. The Morgan fingerprint density at radius 3 is 1.00 bits per heavy atom. The van der Waals surface area contributed by atoms with Crippen LogP contribution >= 0.6 is 0 Å². The molecule has 0 spiro atoms. The fourth-order valence-corrected chi connectivity index (χ4v) is 6.85. The van der Waals surface area contributed by atoms with Crippen LogP contribution in [0, 0.1) is 0 Å². The van der Waals surface area contributed by atoms with Gasteiger partial charge in [-0.05, 0) is 38.5 Å². The molecule has 2 unspecified atom stereocenters. The lowest BCUT2D eigenvalue weighted by Gasteiger charge is -2.36. The van der Waals surface area contributed by atoms with Gasteiger partial charge >= 0.3 is 0 Å². The smallest absolute Gasteiger partial charge is 0.240 e. The largest absolute Gasteiger partial charge is 0.396 e. The summed E-state index contributed by atoms with van der Waals surface area (Å²) in [5, 5.41) is 48.0. The summed E-state index contributed by atoms with van der Waals surface area (Å²) >= 11 is 0. The standard InChI is InChI=1S/C43H80N12O10/c1-3-5-7-9-11-13-19-33(39(44)64)55(34(40(45)65)20-14-12-10-8-6-4-2)43-51-41(53(29-35(60)46-21-15-25-56)30-36(61)47-22-16-26-57)50-42(52-43)54(31-37(62)48-23-17-27-58)32-38(63)49-24-18-28-59/h33-34,56-59H,3-32H2,1-2H3,(H2,44,64)(H2,45,65)(H,46,60)(H,47,61)(H,48,62)(H,49,63). The van der Waals surface area contributed by atoms with E-state index < -0.39 is 73.7 Å². The number of carbonyl (C=O) groups is 6. The van der Waals surface area contributed by atoms with Crippen LogP contribution < -0.4 is 47.4 Å². The first-order valence-corrected chi connectivity index (χ1v) is 23.5. The lowest BCUT2D eigenvalue weighted by molar-refractivity contribution is -0.122. The molecule has 0 radical (unpaired) electrons. The summed E-state index contributed by atoms with van der Waals surface area (Å²) in [5.41, 5.74) is 12.3. The summed E-state index contributed by atoms with van der Waals surface area (Å²) in [5.74, 6) is -4.80. The van der Waals surface area contributed by atoms with Gasteiger partial charge in [-0.3, -0.25) is 28.8 Å². The van der Waals surface area contributed by atoms with Crippen LogP contribution in [0.4, 0.5) is 17.8 Å². The van der Waals surface area contributed by atoms with Crippen LogP contribution in [0.1, 0.15) is 129 Å². The van der Waals surface area contributed by atoms with E-state index in [0.717, 1.165) is 64.2 Å². The molecule has 0 aliphatic heterocycles. The van der Waals surface area contributed by atoms with Crippen molar-refractivity contribution in [3.8, 4) is 0 Å². The van der Waals surface area contributed by atoms with Crippen molar-refractivity contribution in [2.24, 2.45) is 11.5 Å². The van der Waals surface area contributed by atoms with Crippen LogP contribution in [0.3, 0.4) is 0 Å². The van der Waals surface area contributed by atoms with Crippen molar-refractivity contribution in [2.75, 3.05) is 93.5 Å². The molecule has 0 saturated carbocycles. The van der Waals surface area contributed by atoms with E-state index in [1.54, 1.807) is 0 Å². The van der Waals surface area contributed by atoms with Gasteiger partial charge in [0.05, 0.1) is 0 Å². The lowest BCUT2D eigenvalue weighted by Crippen LogP contribution is -2.55. The topological polar surface area (TPSA) is 332 Å². The SMILES string of the molecule is CCCCCCCCC(C(N)=O)N(c1nc(N(CC(=O)NCCCO)CC(=O)NCCCO)nc(N(CC(=O)NCCCO)CC(=O)NCCCO)n1)C(CCCCCCCC)C(N)=O. The van der Waals surface area contributed by atoms with E-state index in [1.807, 2.05) is 0 Å². The molecule has 2 atom stereocenters. The van der Waals surface area contributed by atoms with Gasteiger partial charge in [0.25, 0.3) is 0 Å². The number of amides is 6. The molecule has 0 aliphatic rings. The number of aliphatic hydroxyl groups is 4. The zero-order chi connectivity index (χ0) is 48.2. The third-order valence-corrected chi connectivity index (χ3v) is 10.4. The van der Waals surface area contributed by atoms with Crippen LogP contribution in [-0.2, 0) is 28.8 Å². The fourth-order valence-electron chi connectivity index (χ4n) is 6.85. The molecule has 6 amide bonds. The van der Waals surface area contributed by atoms with Crippen LogP contribution in [0.2, 0.25) is 0 Å². The third kappa shape index (κ3) is 25.4. The van der Waals surface area contributed by atoms with Crippen LogP contribution in [0.5, 0.6) is 0 Å². The molecule has 1 aromatic heterocycles. The highest BCUT2D eigenvalue weighted by Crippen LogP contribution is 2.27. The van der Waals surface area contributed by atoms with Crippen molar-refractivity contribution >= 4 is 53.3 Å². The minimum Gasteiger partial charge on any atom is -0.396 e. The Bertz CT molecular complexity index is 1380. The fraction of sp³-hybridized carbons (Fsp3) is 0.791. The number of primary amides is 2. The number of nitrogens with one attached hydrogen (secondary N) is 4. The molecule has 12 N–H and O–H groups in total. The maximum Gasteiger partial charge on any atom is 0.240 e. The molecule has 0 bridgehead atoms. The molecule has 0 fully saturated rings. The van der Waals surface area contributed by atoms with E-state index in [0.29, 0.717) is 12.8 Å². The second kappa shape index (κ2) is 36.3. The van der Waals surface area contributed by atoms with E-state index in [1.165, 1.54) is 14.7 Å². The van der Waals surface area contributed by atoms with Crippen LogP contribution in [0.15, 0.2) is 0 Å². The van der Waals surface area contributed by atoms with E-state index >= 15 is 0 Å². The molecule has 22 nitrogen and oxygen atoms in total. The van der Waals surface area contributed by atoms with Gasteiger partial charge < -0.3 is 67.9 Å². The van der Waals surface area contributed by atoms with Gasteiger partial charge in [0, 0.05) is 52.6 Å². The first-order valence-electron chi connectivity index (χ1n) is 23.5. The van der Waals surface area contributed by atoms with Crippen molar-refractivity contribution in [3.05, 3.63) is 0 Å². The lowest BCUT2D eigenvalue weighted by atomic mass is 9.99. The Labute approximate surface area is 384 Å². The number of anilines is 3. The highest BCUT2D eigenvalue weighted by atomic mass is 16.3. The van der Waals surface area contributed by atoms with Crippen molar-refractivity contribution in [2.45, 2.75) is 142 Å². The van der Waals surface area contributed by atoms with Crippen molar-refractivity contribution in [3.63, 3.8) is 0 Å². The summed E-state index contributed by atoms with van der Waals surface area (Å²) in [6, 6.07) is -2.37. The predicted molar refractivity (Wildman–Crippen MR) is 248 cm³/mol. The van der Waals surface area contributed by atoms with Gasteiger partial charge in [-0.15, -0.1) is 0 Å². The van der Waals surface area contributed by atoms with E-state index in [2.05, 4.69) is 40.1 Å². The monoisotopic (exact) mass is 925 g/mol. The third-order valence-electron chi connectivity index (χ3n) is 10.4. The Kier molecular flexibility index (Phi) is 32.4. The molecular formula is C43H80N12O10. The predicted octanol–water partition coefficient (Wildman–Crippen LogP) is -0.506. The second-order valence-corrected chi connectivity index (χ2v) is 16.0. The number of carbonyl (C=O) groups excluding carboxylic acids is 6. The number of hydrogen-bond donors (Lipinski definition) is 10. The highest BCUT2D eigenvalue weighted by Gasteiger charge is 2.37. The van der Waals surface area contributed by atoms with Crippen molar-refractivity contribution in [1.29, 1.82) is 0 Å². The molecule has 0 aliphatic carbocycles. The summed E-state index contributed by atoms with van der Waals surface area (Å²) in [6.07, 6.45) is 12.0.